The first kappa shape index (κ1) is 10.7. The standard InChI is InChI=1S/C13H14N2O/c14-9-11-4-3-6-12(8-11)15-7-2-1-5-13(15)10-16/h3-4,6,8,10,13H,1-2,5,7H2. The Bertz CT molecular complexity index is 422. The Kier molecular flexibility index (Phi) is 3.21. The molecule has 1 heterocycles. The average molecular weight is 214 g/mol. The molecule has 0 N–H and O–H groups in total. The van der Waals surface area contributed by atoms with Gasteiger partial charge >= 0.3 is 0 Å². The van der Waals surface area contributed by atoms with E-state index in [1.54, 1.807) is 6.07 Å². The van der Waals surface area contributed by atoms with E-state index in [0.29, 0.717) is 5.56 Å². The molecule has 3 heteroatoms. The van der Waals surface area contributed by atoms with Crippen LogP contribution in [-0.2, 0) is 4.79 Å². The van der Waals surface area contributed by atoms with Crippen LogP contribution in [0, 0.1) is 11.3 Å². The third-order valence-electron chi connectivity index (χ3n) is 3.01. The van der Waals surface area contributed by atoms with Gasteiger partial charge in [0.15, 0.2) is 0 Å². The lowest BCUT2D eigenvalue weighted by Gasteiger charge is -2.34. The SMILES string of the molecule is N#Cc1cccc(N2CCCCC2C=O)c1. The molecular formula is C13H14N2O. The number of hydrogen-bond donors (Lipinski definition) is 0. The van der Waals surface area contributed by atoms with Gasteiger partial charge in [-0.05, 0) is 37.5 Å². The average Bonchev–Trinajstić information content (AvgIpc) is 2.38. The van der Waals surface area contributed by atoms with Crippen molar-refractivity contribution < 1.29 is 4.79 Å². The number of anilines is 1. The maximum atomic E-state index is 11.0. The minimum Gasteiger partial charge on any atom is -0.362 e. The Balaban J connectivity index is 2.27. The highest BCUT2D eigenvalue weighted by atomic mass is 16.1. The molecular weight excluding hydrogens is 200 g/mol. The van der Waals surface area contributed by atoms with Crippen LogP contribution in [0.4, 0.5) is 5.69 Å². The van der Waals surface area contributed by atoms with E-state index in [4.69, 9.17) is 5.26 Å². The molecule has 0 aliphatic carbocycles. The van der Waals surface area contributed by atoms with Crippen molar-refractivity contribution in [2.24, 2.45) is 0 Å². The van der Waals surface area contributed by atoms with Gasteiger partial charge in [-0.15, -0.1) is 0 Å². The molecule has 0 amide bonds. The fourth-order valence-corrected chi connectivity index (χ4v) is 2.17. The second-order valence-electron chi connectivity index (χ2n) is 4.05. The normalized spacial score (nSPS) is 20.2. The fraction of sp³-hybridized carbons (Fsp3) is 0.385. The highest BCUT2D eigenvalue weighted by molar-refractivity contribution is 5.67. The summed E-state index contributed by atoms with van der Waals surface area (Å²) in [6, 6.07) is 9.56. The number of piperidine rings is 1. The predicted octanol–water partition coefficient (Wildman–Crippen LogP) is 2.12. The van der Waals surface area contributed by atoms with Crippen molar-refractivity contribution in [3.63, 3.8) is 0 Å². The molecule has 1 aromatic carbocycles. The van der Waals surface area contributed by atoms with Gasteiger partial charge < -0.3 is 9.69 Å². The second-order valence-corrected chi connectivity index (χ2v) is 4.05. The lowest BCUT2D eigenvalue weighted by molar-refractivity contribution is -0.109. The van der Waals surface area contributed by atoms with Crippen LogP contribution < -0.4 is 4.90 Å². The van der Waals surface area contributed by atoms with Gasteiger partial charge in [0.25, 0.3) is 0 Å². The van der Waals surface area contributed by atoms with E-state index in [1.807, 2.05) is 18.2 Å². The quantitative estimate of drug-likeness (QED) is 0.708. The number of rotatable bonds is 2. The van der Waals surface area contributed by atoms with Gasteiger partial charge in [-0.1, -0.05) is 6.07 Å². The molecule has 3 nitrogen and oxygen atoms in total. The molecule has 0 aromatic heterocycles. The molecule has 1 atom stereocenters. The molecule has 1 aliphatic heterocycles. The molecule has 0 bridgehead atoms. The van der Waals surface area contributed by atoms with Gasteiger partial charge in [0.05, 0.1) is 17.7 Å². The van der Waals surface area contributed by atoms with Gasteiger partial charge in [0.2, 0.25) is 0 Å². The van der Waals surface area contributed by atoms with Crippen molar-refractivity contribution in [2.45, 2.75) is 25.3 Å². The Morgan fingerprint density at radius 3 is 3.06 bits per heavy atom. The number of aldehydes is 1. The minimum absolute atomic E-state index is 0.0253. The fourth-order valence-electron chi connectivity index (χ4n) is 2.17. The van der Waals surface area contributed by atoms with Crippen molar-refractivity contribution in [3.8, 4) is 6.07 Å². The van der Waals surface area contributed by atoms with Crippen molar-refractivity contribution in [1.82, 2.24) is 0 Å². The van der Waals surface area contributed by atoms with Crippen molar-refractivity contribution in [2.75, 3.05) is 11.4 Å². The third-order valence-corrected chi connectivity index (χ3v) is 3.01. The number of nitrogens with zero attached hydrogens (tertiary/aromatic N) is 2. The number of carbonyl (C=O) groups excluding carboxylic acids is 1. The monoisotopic (exact) mass is 214 g/mol. The summed E-state index contributed by atoms with van der Waals surface area (Å²) in [6.07, 6.45) is 4.15. The summed E-state index contributed by atoms with van der Waals surface area (Å²) in [6.45, 7) is 0.901. The van der Waals surface area contributed by atoms with E-state index < -0.39 is 0 Å². The summed E-state index contributed by atoms with van der Waals surface area (Å²) in [7, 11) is 0. The van der Waals surface area contributed by atoms with Crippen LogP contribution in [0.1, 0.15) is 24.8 Å². The number of nitriles is 1. The minimum atomic E-state index is -0.0253. The molecule has 0 spiro atoms. The van der Waals surface area contributed by atoms with Gasteiger partial charge in [-0.2, -0.15) is 5.26 Å². The van der Waals surface area contributed by atoms with Crippen molar-refractivity contribution >= 4 is 12.0 Å². The number of carbonyl (C=O) groups is 1. The van der Waals surface area contributed by atoms with Crippen LogP contribution in [0.3, 0.4) is 0 Å². The first-order valence-electron chi connectivity index (χ1n) is 5.57. The molecule has 0 saturated carbocycles. The summed E-state index contributed by atoms with van der Waals surface area (Å²) in [5, 5.41) is 8.85. The van der Waals surface area contributed by atoms with Crippen molar-refractivity contribution in [3.05, 3.63) is 29.8 Å². The lowest BCUT2D eigenvalue weighted by Crippen LogP contribution is -2.40. The Hall–Kier alpha value is -1.82. The van der Waals surface area contributed by atoms with E-state index in [0.717, 1.165) is 37.8 Å². The molecule has 1 unspecified atom stereocenters. The van der Waals surface area contributed by atoms with E-state index in [2.05, 4.69) is 11.0 Å². The topological polar surface area (TPSA) is 44.1 Å². The molecule has 82 valence electrons. The molecule has 0 radical (unpaired) electrons. The van der Waals surface area contributed by atoms with Crippen LogP contribution >= 0.6 is 0 Å². The highest BCUT2D eigenvalue weighted by Gasteiger charge is 2.21. The summed E-state index contributed by atoms with van der Waals surface area (Å²) in [4.78, 5) is 13.1. The van der Waals surface area contributed by atoms with Crippen LogP contribution in [0.25, 0.3) is 0 Å². The Labute approximate surface area is 95.3 Å². The number of hydrogen-bond acceptors (Lipinski definition) is 3. The van der Waals surface area contributed by atoms with Crippen molar-refractivity contribution in [1.29, 1.82) is 5.26 Å². The zero-order valence-corrected chi connectivity index (χ0v) is 9.10. The Morgan fingerprint density at radius 2 is 2.31 bits per heavy atom. The summed E-state index contributed by atoms with van der Waals surface area (Å²) < 4.78 is 0. The van der Waals surface area contributed by atoms with Crippen LogP contribution in [0.15, 0.2) is 24.3 Å². The summed E-state index contributed by atoms with van der Waals surface area (Å²) in [5.41, 5.74) is 1.63. The van der Waals surface area contributed by atoms with Gasteiger partial charge in [0, 0.05) is 12.2 Å². The summed E-state index contributed by atoms with van der Waals surface area (Å²) in [5.74, 6) is 0. The maximum absolute atomic E-state index is 11.0. The van der Waals surface area contributed by atoms with Crippen LogP contribution in [-0.4, -0.2) is 18.9 Å². The van der Waals surface area contributed by atoms with Gasteiger partial charge in [-0.25, -0.2) is 0 Å². The molecule has 1 saturated heterocycles. The number of benzene rings is 1. The zero-order chi connectivity index (χ0) is 11.4. The molecule has 1 aliphatic rings. The molecule has 16 heavy (non-hydrogen) atoms. The van der Waals surface area contributed by atoms with Crippen LogP contribution in [0.5, 0.6) is 0 Å². The predicted molar refractivity (Wildman–Crippen MR) is 62.2 cm³/mol. The van der Waals surface area contributed by atoms with Crippen LogP contribution in [0.2, 0.25) is 0 Å². The van der Waals surface area contributed by atoms with E-state index in [9.17, 15) is 4.79 Å². The Morgan fingerprint density at radius 1 is 1.44 bits per heavy atom. The smallest absolute Gasteiger partial charge is 0.142 e. The van der Waals surface area contributed by atoms with Gasteiger partial charge in [-0.3, -0.25) is 0 Å². The lowest BCUT2D eigenvalue weighted by atomic mass is 10.0. The van der Waals surface area contributed by atoms with Gasteiger partial charge in [0.1, 0.15) is 6.29 Å². The third kappa shape index (κ3) is 2.06. The maximum Gasteiger partial charge on any atom is 0.142 e. The summed E-state index contributed by atoms with van der Waals surface area (Å²) >= 11 is 0. The molecule has 1 aromatic rings. The van der Waals surface area contributed by atoms with E-state index in [-0.39, 0.29) is 6.04 Å². The largest absolute Gasteiger partial charge is 0.362 e. The van der Waals surface area contributed by atoms with E-state index in [1.165, 1.54) is 0 Å². The first-order chi connectivity index (χ1) is 7.85. The first-order valence-corrected chi connectivity index (χ1v) is 5.57. The highest BCUT2D eigenvalue weighted by Crippen LogP contribution is 2.24. The molecule has 1 fully saturated rings. The molecule has 2 rings (SSSR count). The van der Waals surface area contributed by atoms with E-state index >= 15 is 0 Å². The second kappa shape index (κ2) is 4.80. The zero-order valence-electron chi connectivity index (χ0n) is 9.10.